The van der Waals surface area contributed by atoms with Crippen molar-refractivity contribution in [2.45, 2.75) is 6.92 Å². The standard InChI is InChI=1S/C21H22N6O2/c1-14-18(21(28)27(25(14)4)17-8-6-5-7-9-17)26-19(20(22)29-23-26)15-10-12-16(13-11-15)24(2)3/h5-13H,1-4H3,(H-,22,23). The molecular formula is C21H22N6O2. The van der Waals surface area contributed by atoms with Crippen LogP contribution in [0.2, 0.25) is 0 Å². The molecule has 4 aromatic rings. The van der Waals surface area contributed by atoms with Crippen molar-refractivity contribution in [2.24, 2.45) is 7.05 Å². The van der Waals surface area contributed by atoms with E-state index >= 15 is 0 Å². The first-order valence-corrected chi connectivity index (χ1v) is 9.16. The van der Waals surface area contributed by atoms with Crippen LogP contribution in [-0.4, -0.2) is 28.7 Å². The number of aromatic nitrogens is 4. The lowest BCUT2D eigenvalue weighted by atomic mass is 10.1. The number of para-hydroxylation sites is 1. The minimum absolute atomic E-state index is 0.100. The summed E-state index contributed by atoms with van der Waals surface area (Å²) in [7, 11) is 5.74. The van der Waals surface area contributed by atoms with Crippen LogP contribution in [0.4, 0.5) is 11.6 Å². The molecule has 2 heterocycles. The van der Waals surface area contributed by atoms with Crippen molar-refractivity contribution in [3.63, 3.8) is 0 Å². The molecule has 2 aromatic carbocycles. The molecule has 0 radical (unpaired) electrons. The molecule has 148 valence electrons. The third-order valence-electron chi connectivity index (χ3n) is 5.03. The Morgan fingerprint density at radius 1 is 1.07 bits per heavy atom. The van der Waals surface area contributed by atoms with Crippen LogP contribution in [-0.2, 0) is 7.05 Å². The first-order chi connectivity index (χ1) is 13.9. The topological polar surface area (TPSA) is 83.9 Å². The molecule has 0 fully saturated rings. The fraction of sp³-hybridized carbons (Fsp3) is 0.190. The van der Waals surface area contributed by atoms with Gasteiger partial charge in [0.25, 0.3) is 5.69 Å². The fourth-order valence-corrected chi connectivity index (χ4v) is 3.38. The second-order valence-electron chi connectivity index (χ2n) is 7.01. The number of nitrogens with zero attached hydrogens (tertiary/aromatic N) is 5. The Hall–Kier alpha value is -3.81. The normalized spacial score (nSPS) is 11.0. The summed E-state index contributed by atoms with van der Waals surface area (Å²) in [5.74, 6) is -0.100. The van der Waals surface area contributed by atoms with Gasteiger partial charge in [-0.15, -0.1) is 0 Å². The molecule has 0 amide bonds. The maximum absolute atomic E-state index is 13.3. The van der Waals surface area contributed by atoms with Crippen LogP contribution in [0.3, 0.4) is 0 Å². The Balaban J connectivity index is 1.91. The van der Waals surface area contributed by atoms with Crippen LogP contribution >= 0.6 is 0 Å². The van der Waals surface area contributed by atoms with Gasteiger partial charge in [0.1, 0.15) is 11.6 Å². The Labute approximate surface area is 168 Å². The minimum Gasteiger partial charge on any atom is -0.660 e. The average molecular weight is 390 g/mol. The van der Waals surface area contributed by atoms with Gasteiger partial charge in [-0.05, 0) is 48.0 Å². The van der Waals surface area contributed by atoms with E-state index in [1.807, 2.05) is 87.6 Å². The third kappa shape index (κ3) is 2.98. The first kappa shape index (κ1) is 18.5. The number of hydrogen-bond acceptors (Lipinski definition) is 4. The lowest BCUT2D eigenvalue weighted by Gasteiger charge is -2.11. The van der Waals surface area contributed by atoms with E-state index < -0.39 is 0 Å². The highest BCUT2D eigenvalue weighted by Crippen LogP contribution is 2.28. The molecule has 0 aliphatic carbocycles. The zero-order valence-corrected chi connectivity index (χ0v) is 16.7. The van der Waals surface area contributed by atoms with Gasteiger partial charge in [-0.1, -0.05) is 18.2 Å². The van der Waals surface area contributed by atoms with E-state index in [9.17, 15) is 4.79 Å². The fourth-order valence-electron chi connectivity index (χ4n) is 3.38. The monoisotopic (exact) mass is 390 g/mol. The molecule has 0 spiro atoms. The molecule has 0 aliphatic rings. The molecule has 0 atom stereocenters. The van der Waals surface area contributed by atoms with E-state index in [-0.39, 0.29) is 11.4 Å². The summed E-state index contributed by atoms with van der Waals surface area (Å²) in [6.45, 7) is 1.85. The van der Waals surface area contributed by atoms with Crippen molar-refractivity contribution < 1.29 is 9.20 Å². The Bertz CT molecular complexity index is 1220. The van der Waals surface area contributed by atoms with Gasteiger partial charge < -0.3 is 15.2 Å². The van der Waals surface area contributed by atoms with E-state index in [0.717, 1.165) is 16.9 Å². The molecular weight excluding hydrogens is 368 g/mol. The van der Waals surface area contributed by atoms with Crippen LogP contribution in [0.1, 0.15) is 5.69 Å². The molecule has 0 saturated carbocycles. The first-order valence-electron chi connectivity index (χ1n) is 9.16. The maximum atomic E-state index is 13.3. The number of anilines is 1. The molecule has 1 N–H and O–H groups in total. The summed E-state index contributed by atoms with van der Waals surface area (Å²) in [4.78, 5) is 15.3. The molecule has 8 heteroatoms. The summed E-state index contributed by atoms with van der Waals surface area (Å²) < 4.78 is 9.93. The lowest BCUT2D eigenvalue weighted by Crippen LogP contribution is -2.40. The van der Waals surface area contributed by atoms with Crippen LogP contribution in [0.5, 0.6) is 0 Å². The summed E-state index contributed by atoms with van der Waals surface area (Å²) >= 11 is 0. The lowest BCUT2D eigenvalue weighted by molar-refractivity contribution is -0.661. The average Bonchev–Trinajstić information content (AvgIpc) is 3.19. The molecule has 0 aliphatic heterocycles. The Morgan fingerprint density at radius 3 is 2.34 bits per heavy atom. The molecule has 2 aromatic heterocycles. The van der Waals surface area contributed by atoms with E-state index in [1.54, 1.807) is 9.36 Å². The Morgan fingerprint density at radius 2 is 1.72 bits per heavy atom. The summed E-state index contributed by atoms with van der Waals surface area (Å²) in [5.41, 5.74) is 12.0. The van der Waals surface area contributed by atoms with Gasteiger partial charge in [0.05, 0.1) is 11.3 Å². The van der Waals surface area contributed by atoms with Crippen LogP contribution in [0.25, 0.3) is 28.4 Å². The highest BCUT2D eigenvalue weighted by Gasteiger charge is 2.32. The number of nitrogens with one attached hydrogen (secondary N) is 1. The Kier molecular flexibility index (Phi) is 4.46. The number of rotatable bonds is 4. The van der Waals surface area contributed by atoms with Gasteiger partial charge in [-0.25, -0.2) is 4.68 Å². The van der Waals surface area contributed by atoms with Crippen molar-refractivity contribution in [3.05, 3.63) is 76.4 Å². The molecule has 0 saturated heterocycles. The summed E-state index contributed by atoms with van der Waals surface area (Å²) in [6.07, 6.45) is 0. The third-order valence-corrected chi connectivity index (χ3v) is 5.03. The van der Waals surface area contributed by atoms with Gasteiger partial charge in [-0.3, -0.25) is 9.48 Å². The number of hydrogen-bond donors (Lipinski definition) is 0. The smallest absolute Gasteiger partial charge is 0.346 e. The second-order valence-corrected chi connectivity index (χ2v) is 7.01. The molecule has 4 rings (SSSR count). The van der Waals surface area contributed by atoms with Gasteiger partial charge in [0, 0.05) is 26.8 Å². The number of benzene rings is 2. The van der Waals surface area contributed by atoms with Gasteiger partial charge in [0.15, 0.2) is 0 Å². The minimum atomic E-state index is -0.235. The van der Waals surface area contributed by atoms with Crippen molar-refractivity contribution in [2.75, 3.05) is 19.0 Å². The largest absolute Gasteiger partial charge is 0.660 e. The zero-order chi connectivity index (χ0) is 20.7. The predicted octanol–water partition coefficient (Wildman–Crippen LogP) is 3.17. The van der Waals surface area contributed by atoms with Crippen molar-refractivity contribution in [1.29, 1.82) is 0 Å². The maximum Gasteiger partial charge on any atom is 0.346 e. The highest BCUT2D eigenvalue weighted by atomic mass is 16.5. The van der Waals surface area contributed by atoms with E-state index in [0.29, 0.717) is 17.1 Å². The van der Waals surface area contributed by atoms with E-state index in [1.165, 1.54) is 4.68 Å². The molecule has 0 bridgehead atoms. The van der Waals surface area contributed by atoms with Crippen molar-refractivity contribution >= 4 is 11.6 Å². The van der Waals surface area contributed by atoms with Crippen LogP contribution in [0.15, 0.2) is 63.9 Å². The van der Waals surface area contributed by atoms with E-state index in [2.05, 4.69) is 5.27 Å². The van der Waals surface area contributed by atoms with Crippen LogP contribution < -0.4 is 15.1 Å². The van der Waals surface area contributed by atoms with E-state index in [4.69, 9.17) is 10.3 Å². The zero-order valence-electron chi connectivity index (χ0n) is 16.7. The summed E-state index contributed by atoms with van der Waals surface area (Å²) in [5, 5.41) is 4.01. The van der Waals surface area contributed by atoms with Gasteiger partial charge >= 0.3 is 11.2 Å². The predicted molar refractivity (Wildman–Crippen MR) is 111 cm³/mol. The molecule has 8 nitrogen and oxygen atoms in total. The molecule has 0 unspecified atom stereocenters. The second kappa shape index (κ2) is 6.97. The van der Waals surface area contributed by atoms with Crippen molar-refractivity contribution in [1.82, 2.24) is 14.6 Å². The SMILES string of the molecule is Cc1c(-[n+]2noc([NH-])c2-c2ccc(N(C)C)cc2)c(=O)n(-c2ccccc2)n1C. The molecule has 29 heavy (non-hydrogen) atoms. The van der Waals surface area contributed by atoms with Gasteiger partial charge in [0.2, 0.25) is 5.27 Å². The van der Waals surface area contributed by atoms with Crippen LogP contribution in [0, 0.1) is 6.92 Å². The van der Waals surface area contributed by atoms with Gasteiger partial charge in [-0.2, -0.15) is 0 Å². The summed E-state index contributed by atoms with van der Waals surface area (Å²) in [6, 6.07) is 17.1. The quantitative estimate of drug-likeness (QED) is 0.501. The van der Waals surface area contributed by atoms with Crippen molar-refractivity contribution in [3.8, 4) is 22.6 Å². The highest BCUT2D eigenvalue weighted by molar-refractivity contribution is 5.69.